The Labute approximate surface area is 181 Å². The molecule has 1 heterocycles. The van der Waals surface area contributed by atoms with E-state index in [0.717, 1.165) is 28.2 Å². The molecule has 0 saturated carbocycles. The lowest BCUT2D eigenvalue weighted by molar-refractivity contribution is -0.120. The third kappa shape index (κ3) is 4.83. The molecular weight excluding hydrogens is 402 g/mol. The molecule has 3 rings (SSSR count). The lowest BCUT2D eigenvalue weighted by Gasteiger charge is -2.10. The minimum Gasteiger partial charge on any atom is -0.493 e. The normalized spacial score (nSPS) is 11.0. The Balaban J connectivity index is 1.68. The van der Waals surface area contributed by atoms with E-state index in [2.05, 4.69) is 15.1 Å². The number of aryl methyl sites for hydroxylation is 1. The van der Waals surface area contributed by atoms with Crippen LogP contribution in [-0.4, -0.2) is 30.9 Å². The zero-order chi connectivity index (χ0) is 21.7. The van der Waals surface area contributed by atoms with Crippen LogP contribution in [0, 0.1) is 13.8 Å². The number of benzene rings is 2. The fourth-order valence-corrected chi connectivity index (χ4v) is 3.50. The van der Waals surface area contributed by atoms with Crippen molar-refractivity contribution in [3.8, 4) is 17.2 Å². The zero-order valence-electron chi connectivity index (χ0n) is 17.4. The quantitative estimate of drug-likeness (QED) is 0.449. The van der Waals surface area contributed by atoms with E-state index in [9.17, 15) is 4.79 Å². The summed E-state index contributed by atoms with van der Waals surface area (Å²) in [5, 5.41) is 4.80. The number of nitrogens with one attached hydrogen (secondary N) is 1. The summed E-state index contributed by atoms with van der Waals surface area (Å²) in [6, 6.07) is 15.1. The van der Waals surface area contributed by atoms with E-state index in [1.165, 1.54) is 0 Å². The van der Waals surface area contributed by atoms with Gasteiger partial charge in [-0.05, 0) is 55.8 Å². The van der Waals surface area contributed by atoms with Gasteiger partial charge in [0.25, 0.3) is 0 Å². The molecule has 0 aliphatic rings. The topological polar surface area (TPSA) is 64.8 Å². The van der Waals surface area contributed by atoms with Gasteiger partial charge in [0.1, 0.15) is 0 Å². The van der Waals surface area contributed by atoms with Gasteiger partial charge in [0.05, 0.1) is 26.9 Å². The number of halogens is 1. The van der Waals surface area contributed by atoms with Crippen molar-refractivity contribution in [2.24, 2.45) is 5.10 Å². The summed E-state index contributed by atoms with van der Waals surface area (Å²) in [6.07, 6.45) is 1.83. The van der Waals surface area contributed by atoms with Gasteiger partial charge in [-0.2, -0.15) is 5.10 Å². The van der Waals surface area contributed by atoms with Gasteiger partial charge in [-0.3, -0.25) is 4.79 Å². The van der Waals surface area contributed by atoms with Gasteiger partial charge in [-0.1, -0.05) is 23.7 Å². The molecule has 156 valence electrons. The highest BCUT2D eigenvalue weighted by Crippen LogP contribution is 2.27. The van der Waals surface area contributed by atoms with E-state index in [0.29, 0.717) is 16.5 Å². The van der Waals surface area contributed by atoms with Crippen LogP contribution in [0.25, 0.3) is 5.69 Å². The number of hydrazone groups is 1. The molecule has 0 radical (unpaired) electrons. The number of ether oxygens (including phenoxy) is 2. The zero-order valence-corrected chi connectivity index (χ0v) is 18.2. The van der Waals surface area contributed by atoms with Crippen molar-refractivity contribution in [2.75, 3.05) is 14.2 Å². The van der Waals surface area contributed by atoms with E-state index in [-0.39, 0.29) is 12.3 Å². The van der Waals surface area contributed by atoms with Gasteiger partial charge < -0.3 is 14.0 Å². The summed E-state index contributed by atoms with van der Waals surface area (Å²) >= 11 is 6.13. The van der Waals surface area contributed by atoms with E-state index >= 15 is 0 Å². The van der Waals surface area contributed by atoms with Gasteiger partial charge in [0.2, 0.25) is 5.91 Å². The van der Waals surface area contributed by atoms with Gasteiger partial charge in [-0.25, -0.2) is 5.43 Å². The maximum Gasteiger partial charge on any atom is 0.244 e. The summed E-state index contributed by atoms with van der Waals surface area (Å²) in [5.41, 5.74) is 7.34. The van der Waals surface area contributed by atoms with Crippen molar-refractivity contribution < 1.29 is 14.3 Å². The second kappa shape index (κ2) is 9.50. The summed E-state index contributed by atoms with van der Waals surface area (Å²) in [7, 11) is 3.13. The molecule has 1 N–H and O–H groups in total. The van der Waals surface area contributed by atoms with Crippen LogP contribution >= 0.6 is 11.6 Å². The van der Waals surface area contributed by atoms with E-state index < -0.39 is 0 Å². The van der Waals surface area contributed by atoms with Gasteiger partial charge in [0, 0.05) is 27.7 Å². The standard InChI is InChI=1S/C23H24ClN3O3/c1-15-10-18(16(2)27(15)20-7-5-6-19(24)13-20)14-25-26-23(28)12-17-8-9-21(29-3)22(11-17)30-4/h5-11,13-14H,12H2,1-4H3,(H,26,28)/b25-14-. The Hall–Kier alpha value is -3.25. The first-order valence-electron chi connectivity index (χ1n) is 9.40. The molecule has 0 fully saturated rings. The first-order chi connectivity index (χ1) is 14.4. The number of hydrogen-bond acceptors (Lipinski definition) is 4. The highest BCUT2D eigenvalue weighted by molar-refractivity contribution is 6.30. The summed E-state index contributed by atoms with van der Waals surface area (Å²) in [4.78, 5) is 12.3. The van der Waals surface area contributed by atoms with Crippen LogP contribution in [0.1, 0.15) is 22.5 Å². The molecule has 7 heteroatoms. The Morgan fingerprint density at radius 2 is 1.87 bits per heavy atom. The molecular formula is C23H24ClN3O3. The molecule has 1 aromatic heterocycles. The van der Waals surface area contributed by atoms with E-state index in [1.54, 1.807) is 32.6 Å². The first kappa shape index (κ1) is 21.5. The predicted octanol–water partition coefficient (Wildman–Crippen LogP) is 4.46. The molecule has 0 bridgehead atoms. The van der Waals surface area contributed by atoms with Gasteiger partial charge in [0.15, 0.2) is 11.5 Å². The minimum absolute atomic E-state index is 0.180. The van der Waals surface area contributed by atoms with Crippen LogP contribution in [0.15, 0.2) is 53.6 Å². The number of aromatic nitrogens is 1. The van der Waals surface area contributed by atoms with Crippen molar-refractivity contribution >= 4 is 23.7 Å². The van der Waals surface area contributed by atoms with Crippen LogP contribution in [0.2, 0.25) is 5.02 Å². The van der Waals surface area contributed by atoms with E-state index in [1.807, 2.05) is 50.2 Å². The summed E-state index contributed by atoms with van der Waals surface area (Å²) < 4.78 is 12.6. The molecule has 0 unspecified atom stereocenters. The van der Waals surface area contributed by atoms with Crippen molar-refractivity contribution in [3.05, 3.63) is 76.1 Å². The predicted molar refractivity (Wildman–Crippen MR) is 119 cm³/mol. The minimum atomic E-state index is -0.220. The third-order valence-electron chi connectivity index (χ3n) is 4.74. The van der Waals surface area contributed by atoms with Crippen molar-refractivity contribution in [1.29, 1.82) is 0 Å². The molecule has 2 aromatic carbocycles. The SMILES string of the molecule is COc1ccc(CC(=O)N/N=C\c2cc(C)n(-c3cccc(Cl)c3)c2C)cc1OC. The maximum absolute atomic E-state index is 12.3. The molecule has 30 heavy (non-hydrogen) atoms. The number of rotatable bonds is 7. The number of hydrogen-bond donors (Lipinski definition) is 1. The largest absolute Gasteiger partial charge is 0.493 e. The maximum atomic E-state index is 12.3. The molecule has 1 amide bonds. The van der Waals surface area contributed by atoms with Crippen LogP contribution in [0.4, 0.5) is 0 Å². The van der Waals surface area contributed by atoms with Crippen LogP contribution in [-0.2, 0) is 11.2 Å². The monoisotopic (exact) mass is 425 g/mol. The molecule has 0 atom stereocenters. The van der Waals surface area contributed by atoms with Crippen molar-refractivity contribution in [3.63, 3.8) is 0 Å². The van der Waals surface area contributed by atoms with Gasteiger partial charge >= 0.3 is 0 Å². The highest BCUT2D eigenvalue weighted by atomic mass is 35.5. The number of nitrogens with zero attached hydrogens (tertiary/aromatic N) is 2. The lowest BCUT2D eigenvalue weighted by Crippen LogP contribution is -2.19. The molecule has 0 saturated heterocycles. The molecule has 3 aromatic rings. The fourth-order valence-electron chi connectivity index (χ4n) is 3.32. The second-order valence-corrected chi connectivity index (χ2v) is 7.24. The van der Waals surface area contributed by atoms with Crippen molar-refractivity contribution in [2.45, 2.75) is 20.3 Å². The summed E-state index contributed by atoms with van der Waals surface area (Å²) in [5.74, 6) is 0.983. The first-order valence-corrected chi connectivity index (χ1v) is 9.78. The Kier molecular flexibility index (Phi) is 6.79. The number of amides is 1. The summed E-state index contributed by atoms with van der Waals surface area (Å²) in [6.45, 7) is 4.02. The van der Waals surface area contributed by atoms with Crippen LogP contribution in [0.3, 0.4) is 0 Å². The molecule has 0 spiro atoms. The average Bonchev–Trinajstić information content (AvgIpc) is 3.01. The number of carbonyl (C=O) groups is 1. The van der Waals surface area contributed by atoms with Crippen LogP contribution in [0.5, 0.6) is 11.5 Å². The van der Waals surface area contributed by atoms with E-state index in [4.69, 9.17) is 21.1 Å². The number of methoxy groups -OCH3 is 2. The third-order valence-corrected chi connectivity index (χ3v) is 4.98. The lowest BCUT2D eigenvalue weighted by atomic mass is 10.1. The second-order valence-electron chi connectivity index (χ2n) is 6.80. The van der Waals surface area contributed by atoms with Gasteiger partial charge in [-0.15, -0.1) is 0 Å². The van der Waals surface area contributed by atoms with Crippen LogP contribution < -0.4 is 14.9 Å². The Bertz CT molecular complexity index is 1090. The average molecular weight is 426 g/mol. The smallest absolute Gasteiger partial charge is 0.244 e. The Morgan fingerprint density at radius 1 is 1.10 bits per heavy atom. The Morgan fingerprint density at radius 3 is 2.57 bits per heavy atom. The molecule has 0 aliphatic heterocycles. The van der Waals surface area contributed by atoms with Crippen molar-refractivity contribution in [1.82, 2.24) is 9.99 Å². The molecule has 6 nitrogen and oxygen atoms in total. The fraction of sp³-hybridized carbons (Fsp3) is 0.217. The molecule has 0 aliphatic carbocycles. The number of carbonyl (C=O) groups excluding carboxylic acids is 1. The highest BCUT2D eigenvalue weighted by Gasteiger charge is 2.11.